The van der Waals surface area contributed by atoms with Crippen molar-refractivity contribution < 1.29 is 4.79 Å². The van der Waals surface area contributed by atoms with Crippen molar-refractivity contribution in [3.8, 4) is 11.1 Å². The predicted octanol–water partition coefficient (Wildman–Crippen LogP) is 4.00. The van der Waals surface area contributed by atoms with E-state index in [-0.39, 0.29) is 11.8 Å². The van der Waals surface area contributed by atoms with Gasteiger partial charge >= 0.3 is 0 Å². The number of anilines is 2. The zero-order valence-electron chi connectivity index (χ0n) is 15.1. The molecule has 0 bridgehead atoms. The summed E-state index contributed by atoms with van der Waals surface area (Å²) in [5.41, 5.74) is 2.98. The Kier molecular flexibility index (Phi) is 5.10. The summed E-state index contributed by atoms with van der Waals surface area (Å²) in [5, 5.41) is 3.14. The first-order valence-electron chi connectivity index (χ1n) is 9.28. The SMILES string of the molecule is O=C(Nc1ccccc1-c1ccccc1)[C@H]1CCCN(c2ncccn2)C1. The van der Waals surface area contributed by atoms with Gasteiger partial charge in [-0.05, 0) is 30.5 Å². The van der Waals surface area contributed by atoms with E-state index in [1.165, 1.54) is 0 Å². The second-order valence-electron chi connectivity index (χ2n) is 6.73. The molecule has 1 aromatic heterocycles. The fourth-order valence-electron chi connectivity index (χ4n) is 3.52. The van der Waals surface area contributed by atoms with Crippen LogP contribution in [0.3, 0.4) is 0 Å². The number of carbonyl (C=O) groups is 1. The summed E-state index contributed by atoms with van der Waals surface area (Å²) >= 11 is 0. The van der Waals surface area contributed by atoms with Crippen LogP contribution in [0.4, 0.5) is 11.6 Å². The molecule has 1 aliphatic heterocycles. The molecule has 2 aromatic carbocycles. The number of aromatic nitrogens is 2. The molecule has 4 rings (SSSR count). The van der Waals surface area contributed by atoms with E-state index < -0.39 is 0 Å². The monoisotopic (exact) mass is 358 g/mol. The lowest BCUT2D eigenvalue weighted by atomic mass is 9.96. The van der Waals surface area contributed by atoms with E-state index in [1.807, 2.05) is 42.5 Å². The van der Waals surface area contributed by atoms with Crippen LogP contribution < -0.4 is 10.2 Å². The highest BCUT2D eigenvalue weighted by Gasteiger charge is 2.27. The lowest BCUT2D eigenvalue weighted by molar-refractivity contribution is -0.120. The Balaban J connectivity index is 1.50. The summed E-state index contributed by atoms with van der Waals surface area (Å²) in [7, 11) is 0. The minimum Gasteiger partial charge on any atom is -0.340 e. The Labute approximate surface area is 159 Å². The second kappa shape index (κ2) is 7.99. The molecular weight excluding hydrogens is 336 g/mol. The van der Waals surface area contributed by atoms with E-state index in [9.17, 15) is 4.79 Å². The average molecular weight is 358 g/mol. The summed E-state index contributed by atoms with van der Waals surface area (Å²) in [6.07, 6.45) is 5.31. The fraction of sp³-hybridized carbons (Fsp3) is 0.227. The van der Waals surface area contributed by atoms with Gasteiger partial charge in [0.05, 0.1) is 5.92 Å². The van der Waals surface area contributed by atoms with Gasteiger partial charge in [-0.15, -0.1) is 0 Å². The van der Waals surface area contributed by atoms with Crippen LogP contribution in [0.25, 0.3) is 11.1 Å². The van der Waals surface area contributed by atoms with Gasteiger partial charge in [0.25, 0.3) is 0 Å². The summed E-state index contributed by atoms with van der Waals surface area (Å²) in [5.74, 6) is 0.671. The van der Waals surface area contributed by atoms with Gasteiger partial charge in [0.2, 0.25) is 11.9 Å². The molecule has 3 aromatic rings. The number of hydrogen-bond acceptors (Lipinski definition) is 4. The van der Waals surface area contributed by atoms with Crippen molar-refractivity contribution in [3.63, 3.8) is 0 Å². The molecule has 136 valence electrons. The molecule has 5 heteroatoms. The van der Waals surface area contributed by atoms with Gasteiger partial charge in [-0.25, -0.2) is 9.97 Å². The molecule has 27 heavy (non-hydrogen) atoms. The predicted molar refractivity (Wildman–Crippen MR) is 107 cm³/mol. The highest BCUT2D eigenvalue weighted by molar-refractivity contribution is 5.97. The first kappa shape index (κ1) is 17.2. The van der Waals surface area contributed by atoms with Crippen LogP contribution in [0.15, 0.2) is 73.1 Å². The third-order valence-electron chi connectivity index (χ3n) is 4.90. The van der Waals surface area contributed by atoms with E-state index in [0.717, 1.165) is 36.2 Å². The van der Waals surface area contributed by atoms with E-state index >= 15 is 0 Å². The maximum absolute atomic E-state index is 12.9. The Morgan fingerprint density at radius 3 is 2.52 bits per heavy atom. The van der Waals surface area contributed by atoms with Gasteiger partial charge in [-0.3, -0.25) is 4.79 Å². The molecule has 0 aliphatic carbocycles. The molecule has 0 radical (unpaired) electrons. The number of para-hydroxylation sites is 1. The molecule has 0 spiro atoms. The number of benzene rings is 2. The summed E-state index contributed by atoms with van der Waals surface area (Å²) < 4.78 is 0. The number of piperidine rings is 1. The number of carbonyl (C=O) groups excluding carboxylic acids is 1. The van der Waals surface area contributed by atoms with Crippen molar-refractivity contribution in [3.05, 3.63) is 73.1 Å². The quantitative estimate of drug-likeness (QED) is 0.766. The Bertz CT molecular complexity index is 898. The lowest BCUT2D eigenvalue weighted by Gasteiger charge is -2.32. The maximum atomic E-state index is 12.9. The molecule has 2 heterocycles. The van der Waals surface area contributed by atoms with Crippen LogP contribution in [-0.4, -0.2) is 29.0 Å². The van der Waals surface area contributed by atoms with E-state index in [0.29, 0.717) is 12.5 Å². The first-order valence-corrected chi connectivity index (χ1v) is 9.28. The Morgan fingerprint density at radius 2 is 1.70 bits per heavy atom. The van der Waals surface area contributed by atoms with Gasteiger partial charge < -0.3 is 10.2 Å². The van der Waals surface area contributed by atoms with Crippen molar-refractivity contribution in [2.45, 2.75) is 12.8 Å². The number of amides is 1. The van der Waals surface area contributed by atoms with Crippen molar-refractivity contribution in [1.82, 2.24) is 9.97 Å². The van der Waals surface area contributed by atoms with Crippen molar-refractivity contribution in [1.29, 1.82) is 0 Å². The molecule has 0 unspecified atom stereocenters. The number of nitrogens with zero attached hydrogens (tertiary/aromatic N) is 3. The minimum absolute atomic E-state index is 0.0546. The van der Waals surface area contributed by atoms with Crippen LogP contribution in [0.2, 0.25) is 0 Å². The van der Waals surface area contributed by atoms with Crippen LogP contribution in [0.1, 0.15) is 12.8 Å². The Hall–Kier alpha value is -3.21. The van der Waals surface area contributed by atoms with Crippen LogP contribution in [0, 0.1) is 5.92 Å². The molecule has 1 amide bonds. The molecule has 0 saturated carbocycles. The fourth-order valence-corrected chi connectivity index (χ4v) is 3.52. The van der Waals surface area contributed by atoms with Crippen molar-refractivity contribution >= 4 is 17.5 Å². The average Bonchev–Trinajstić information content (AvgIpc) is 2.75. The van der Waals surface area contributed by atoms with Crippen LogP contribution >= 0.6 is 0 Å². The van der Waals surface area contributed by atoms with Crippen LogP contribution in [-0.2, 0) is 4.79 Å². The van der Waals surface area contributed by atoms with Gasteiger partial charge in [-0.2, -0.15) is 0 Å². The van der Waals surface area contributed by atoms with Crippen LogP contribution in [0.5, 0.6) is 0 Å². The molecule has 1 fully saturated rings. The first-order chi connectivity index (χ1) is 13.3. The highest BCUT2D eigenvalue weighted by Crippen LogP contribution is 2.29. The maximum Gasteiger partial charge on any atom is 0.229 e. The summed E-state index contributed by atoms with van der Waals surface area (Å²) in [4.78, 5) is 23.7. The van der Waals surface area contributed by atoms with E-state index in [1.54, 1.807) is 18.5 Å². The van der Waals surface area contributed by atoms with Crippen molar-refractivity contribution in [2.75, 3.05) is 23.3 Å². The zero-order chi connectivity index (χ0) is 18.5. The molecule has 1 saturated heterocycles. The van der Waals surface area contributed by atoms with Gasteiger partial charge in [0, 0.05) is 36.7 Å². The topological polar surface area (TPSA) is 58.1 Å². The lowest BCUT2D eigenvalue weighted by Crippen LogP contribution is -2.41. The normalized spacial score (nSPS) is 16.7. The van der Waals surface area contributed by atoms with Crippen molar-refractivity contribution in [2.24, 2.45) is 5.92 Å². The summed E-state index contributed by atoms with van der Waals surface area (Å²) in [6.45, 7) is 1.53. The minimum atomic E-state index is -0.0774. The van der Waals surface area contributed by atoms with Gasteiger partial charge in [-0.1, -0.05) is 48.5 Å². The van der Waals surface area contributed by atoms with E-state index in [4.69, 9.17) is 0 Å². The highest BCUT2D eigenvalue weighted by atomic mass is 16.1. The zero-order valence-corrected chi connectivity index (χ0v) is 15.1. The largest absolute Gasteiger partial charge is 0.340 e. The molecule has 5 nitrogen and oxygen atoms in total. The molecule has 1 N–H and O–H groups in total. The second-order valence-corrected chi connectivity index (χ2v) is 6.73. The summed E-state index contributed by atoms with van der Waals surface area (Å²) in [6, 6.07) is 19.9. The number of rotatable bonds is 4. The third kappa shape index (κ3) is 3.97. The number of hydrogen-bond donors (Lipinski definition) is 1. The van der Waals surface area contributed by atoms with Gasteiger partial charge in [0.15, 0.2) is 0 Å². The standard InChI is InChI=1S/C22H22N4O/c27-21(18-10-6-15-26(16-18)22-23-13-7-14-24-22)25-20-12-5-4-11-19(20)17-8-2-1-3-9-17/h1-5,7-9,11-14,18H,6,10,15-16H2,(H,25,27)/t18-/m0/s1. The third-order valence-corrected chi connectivity index (χ3v) is 4.90. The smallest absolute Gasteiger partial charge is 0.229 e. The Morgan fingerprint density at radius 1 is 0.963 bits per heavy atom. The van der Waals surface area contributed by atoms with Gasteiger partial charge in [0.1, 0.15) is 0 Å². The number of nitrogens with one attached hydrogen (secondary N) is 1. The molecule has 1 aliphatic rings. The van der Waals surface area contributed by atoms with E-state index in [2.05, 4.69) is 32.3 Å². The molecular formula is C22H22N4O. The molecule has 1 atom stereocenters.